The minimum Gasteiger partial charge on any atom is -0.355 e. The Bertz CT molecular complexity index is 500. The lowest BCUT2D eigenvalue weighted by molar-refractivity contribution is 1.46. The van der Waals surface area contributed by atoms with Crippen molar-refractivity contribution in [2.75, 3.05) is 5.32 Å². The van der Waals surface area contributed by atoms with Crippen molar-refractivity contribution in [1.82, 2.24) is 0 Å². The van der Waals surface area contributed by atoms with Crippen molar-refractivity contribution in [3.8, 4) is 6.07 Å². The molecule has 0 atom stereocenters. The van der Waals surface area contributed by atoms with Crippen molar-refractivity contribution in [1.29, 1.82) is 5.26 Å². The van der Waals surface area contributed by atoms with E-state index in [1.165, 1.54) is 0 Å². The van der Waals surface area contributed by atoms with Crippen molar-refractivity contribution >= 4 is 38.6 Å². The highest BCUT2D eigenvalue weighted by molar-refractivity contribution is 9.10. The number of anilines is 2. The molecular formula is C11H7BrN2S. The Kier molecular flexibility index (Phi) is 3.05. The van der Waals surface area contributed by atoms with Crippen LogP contribution >= 0.6 is 27.3 Å². The molecule has 1 heterocycles. The van der Waals surface area contributed by atoms with E-state index in [2.05, 4.69) is 27.3 Å². The number of halogens is 1. The van der Waals surface area contributed by atoms with Gasteiger partial charge in [-0.25, -0.2) is 0 Å². The lowest BCUT2D eigenvalue weighted by atomic mass is 10.2. The number of benzene rings is 1. The molecule has 0 radical (unpaired) electrons. The molecule has 0 spiro atoms. The normalized spacial score (nSPS) is 9.60. The standard InChI is InChI=1S/C11H7BrN2S/c12-9-3-8(6-13)4-11(5-9)14-10-1-2-15-7-10/h1-5,7,14H. The minimum atomic E-state index is 0.641. The van der Waals surface area contributed by atoms with Gasteiger partial charge in [0.25, 0.3) is 0 Å². The summed E-state index contributed by atoms with van der Waals surface area (Å²) in [7, 11) is 0. The summed E-state index contributed by atoms with van der Waals surface area (Å²) >= 11 is 5.00. The summed E-state index contributed by atoms with van der Waals surface area (Å²) in [6, 6.07) is 9.67. The fraction of sp³-hybridized carbons (Fsp3) is 0. The largest absolute Gasteiger partial charge is 0.355 e. The molecule has 0 fully saturated rings. The Morgan fingerprint density at radius 1 is 1.27 bits per heavy atom. The zero-order valence-electron chi connectivity index (χ0n) is 7.70. The fourth-order valence-electron chi connectivity index (χ4n) is 1.23. The first kappa shape index (κ1) is 10.2. The van der Waals surface area contributed by atoms with Crippen LogP contribution in [0.4, 0.5) is 11.4 Å². The summed E-state index contributed by atoms with van der Waals surface area (Å²) in [5.74, 6) is 0. The zero-order valence-corrected chi connectivity index (χ0v) is 10.1. The summed E-state index contributed by atoms with van der Waals surface area (Å²) in [6.07, 6.45) is 0. The molecule has 15 heavy (non-hydrogen) atoms. The third kappa shape index (κ3) is 2.58. The van der Waals surface area contributed by atoms with Crippen LogP contribution in [0, 0.1) is 11.3 Å². The first-order chi connectivity index (χ1) is 7.28. The Balaban J connectivity index is 2.29. The van der Waals surface area contributed by atoms with Gasteiger partial charge in [-0.2, -0.15) is 16.6 Å². The summed E-state index contributed by atoms with van der Waals surface area (Å²) in [4.78, 5) is 0. The van der Waals surface area contributed by atoms with Crippen LogP contribution in [0.1, 0.15) is 5.56 Å². The van der Waals surface area contributed by atoms with Gasteiger partial charge in [0.2, 0.25) is 0 Å². The van der Waals surface area contributed by atoms with Crippen LogP contribution in [-0.2, 0) is 0 Å². The van der Waals surface area contributed by atoms with Crippen LogP contribution < -0.4 is 5.32 Å². The van der Waals surface area contributed by atoms with Gasteiger partial charge < -0.3 is 5.32 Å². The van der Waals surface area contributed by atoms with Gasteiger partial charge in [-0.3, -0.25) is 0 Å². The number of nitrogens with zero attached hydrogens (tertiary/aromatic N) is 1. The van der Waals surface area contributed by atoms with Crippen molar-refractivity contribution in [2.45, 2.75) is 0 Å². The average Bonchev–Trinajstić information content (AvgIpc) is 2.69. The molecule has 0 aliphatic rings. The quantitative estimate of drug-likeness (QED) is 0.897. The predicted octanol–water partition coefficient (Wildman–Crippen LogP) is 4.13. The highest BCUT2D eigenvalue weighted by Crippen LogP contribution is 2.23. The first-order valence-corrected chi connectivity index (χ1v) is 6.01. The Labute approximate surface area is 100 Å². The van der Waals surface area contributed by atoms with Crippen molar-refractivity contribution < 1.29 is 0 Å². The van der Waals surface area contributed by atoms with Crippen LogP contribution in [0.5, 0.6) is 0 Å². The summed E-state index contributed by atoms with van der Waals surface area (Å²) in [5, 5.41) is 16.1. The van der Waals surface area contributed by atoms with Gasteiger partial charge in [-0.05, 0) is 29.6 Å². The van der Waals surface area contributed by atoms with Crippen molar-refractivity contribution in [2.24, 2.45) is 0 Å². The van der Waals surface area contributed by atoms with E-state index in [0.29, 0.717) is 5.56 Å². The molecule has 1 aromatic carbocycles. The van der Waals surface area contributed by atoms with Crippen LogP contribution in [0.3, 0.4) is 0 Å². The van der Waals surface area contributed by atoms with Gasteiger partial charge in [0.05, 0.1) is 11.6 Å². The summed E-state index contributed by atoms with van der Waals surface area (Å²) < 4.78 is 0.902. The highest BCUT2D eigenvalue weighted by Gasteiger charge is 1.99. The molecule has 2 nitrogen and oxygen atoms in total. The maximum atomic E-state index is 8.82. The third-order valence-corrected chi connectivity index (χ3v) is 2.98. The number of thiophene rings is 1. The van der Waals surface area contributed by atoms with Gasteiger partial charge in [-0.15, -0.1) is 0 Å². The molecule has 0 saturated carbocycles. The second-order valence-corrected chi connectivity index (χ2v) is 4.67. The highest BCUT2D eigenvalue weighted by atomic mass is 79.9. The maximum absolute atomic E-state index is 8.82. The van der Waals surface area contributed by atoms with E-state index in [1.54, 1.807) is 17.4 Å². The van der Waals surface area contributed by atoms with E-state index >= 15 is 0 Å². The molecule has 1 N–H and O–H groups in total. The van der Waals surface area contributed by atoms with E-state index in [9.17, 15) is 0 Å². The number of hydrogen-bond donors (Lipinski definition) is 1. The van der Waals surface area contributed by atoms with E-state index < -0.39 is 0 Å². The second kappa shape index (κ2) is 4.47. The van der Waals surface area contributed by atoms with E-state index in [4.69, 9.17) is 5.26 Å². The molecule has 74 valence electrons. The third-order valence-electron chi connectivity index (χ3n) is 1.84. The lowest BCUT2D eigenvalue weighted by Gasteiger charge is -2.04. The monoisotopic (exact) mass is 278 g/mol. The van der Waals surface area contributed by atoms with Crippen LogP contribution in [0.2, 0.25) is 0 Å². The lowest BCUT2D eigenvalue weighted by Crippen LogP contribution is -1.89. The number of rotatable bonds is 2. The van der Waals surface area contributed by atoms with Crippen LogP contribution in [0.15, 0.2) is 39.5 Å². The molecule has 1 aromatic heterocycles. The smallest absolute Gasteiger partial charge is 0.0992 e. The van der Waals surface area contributed by atoms with Gasteiger partial charge in [0.1, 0.15) is 0 Å². The zero-order chi connectivity index (χ0) is 10.7. The number of nitrogens with one attached hydrogen (secondary N) is 1. The molecule has 0 amide bonds. The van der Waals surface area contributed by atoms with Crippen LogP contribution in [0.25, 0.3) is 0 Å². The minimum absolute atomic E-state index is 0.641. The average molecular weight is 279 g/mol. The molecule has 0 aliphatic heterocycles. The van der Waals surface area contributed by atoms with Gasteiger partial charge in [0, 0.05) is 21.2 Å². The second-order valence-electron chi connectivity index (χ2n) is 2.98. The Hall–Kier alpha value is -1.31. The van der Waals surface area contributed by atoms with Gasteiger partial charge in [0.15, 0.2) is 0 Å². The van der Waals surface area contributed by atoms with E-state index in [-0.39, 0.29) is 0 Å². The summed E-state index contributed by atoms with van der Waals surface area (Å²) in [5.41, 5.74) is 2.60. The van der Waals surface area contributed by atoms with E-state index in [1.807, 2.05) is 29.0 Å². The number of nitriles is 1. The van der Waals surface area contributed by atoms with Crippen molar-refractivity contribution in [3.05, 3.63) is 45.1 Å². The molecule has 2 rings (SSSR count). The summed E-state index contributed by atoms with van der Waals surface area (Å²) in [6.45, 7) is 0. The molecule has 0 saturated heterocycles. The van der Waals surface area contributed by atoms with Crippen molar-refractivity contribution in [3.63, 3.8) is 0 Å². The molecule has 0 bridgehead atoms. The predicted molar refractivity (Wildman–Crippen MR) is 66.5 cm³/mol. The van der Waals surface area contributed by atoms with Gasteiger partial charge in [-0.1, -0.05) is 15.9 Å². The SMILES string of the molecule is N#Cc1cc(Br)cc(Nc2ccsc2)c1. The Morgan fingerprint density at radius 2 is 2.13 bits per heavy atom. The molecule has 2 aromatic rings. The van der Waals surface area contributed by atoms with E-state index in [0.717, 1.165) is 15.8 Å². The molecule has 0 unspecified atom stereocenters. The maximum Gasteiger partial charge on any atom is 0.0992 e. The topological polar surface area (TPSA) is 35.8 Å². The number of hydrogen-bond acceptors (Lipinski definition) is 3. The van der Waals surface area contributed by atoms with Crippen LogP contribution in [-0.4, -0.2) is 0 Å². The molecule has 0 aliphatic carbocycles. The molecule has 4 heteroatoms. The Morgan fingerprint density at radius 3 is 2.80 bits per heavy atom. The fourth-order valence-corrected chi connectivity index (χ4v) is 2.31. The first-order valence-electron chi connectivity index (χ1n) is 4.28. The van der Waals surface area contributed by atoms with Gasteiger partial charge >= 0.3 is 0 Å². The molecular weight excluding hydrogens is 272 g/mol.